The van der Waals surface area contributed by atoms with Crippen LogP contribution in [0, 0.1) is 0 Å². The number of hydrogen-bond donors (Lipinski definition) is 3. The Bertz CT molecular complexity index is 217. The van der Waals surface area contributed by atoms with Crippen LogP contribution in [0.15, 0.2) is 0 Å². The van der Waals surface area contributed by atoms with Gasteiger partial charge < -0.3 is 21.5 Å². The van der Waals surface area contributed by atoms with Gasteiger partial charge in [0.05, 0.1) is 13.2 Å². The lowest BCUT2D eigenvalue weighted by atomic mass is 9.95. The fraction of sp³-hybridized carbons (Fsp3) is 1.00. The number of ether oxygens (including phenoxy) is 1. The van der Waals surface area contributed by atoms with Gasteiger partial charge in [0.1, 0.15) is 0 Å². The van der Waals surface area contributed by atoms with E-state index in [1.807, 2.05) is 13.8 Å². The third-order valence-corrected chi connectivity index (χ3v) is 4.20. The van der Waals surface area contributed by atoms with E-state index in [0.29, 0.717) is 0 Å². The van der Waals surface area contributed by atoms with E-state index in [4.69, 9.17) is 16.2 Å². The zero-order valence-corrected chi connectivity index (χ0v) is 15.7. The Kier molecular flexibility index (Phi) is 18.0. The average Bonchev–Trinajstić information content (AvgIpc) is 2.64. The molecule has 2 aliphatic rings. The molecule has 5 heteroatoms. The van der Waals surface area contributed by atoms with Crippen molar-refractivity contribution in [2.75, 3.05) is 52.5 Å². The van der Waals surface area contributed by atoms with Crippen LogP contribution in [0.25, 0.3) is 0 Å². The van der Waals surface area contributed by atoms with Crippen molar-refractivity contribution in [2.45, 2.75) is 64.8 Å². The zero-order chi connectivity index (χ0) is 17.2. The molecule has 1 heterocycles. The van der Waals surface area contributed by atoms with Gasteiger partial charge in [-0.05, 0) is 51.9 Å². The molecule has 1 saturated heterocycles. The molecule has 2 rings (SSSR count). The molecule has 0 amide bonds. The fourth-order valence-corrected chi connectivity index (χ4v) is 2.85. The maximum atomic E-state index is 5.40. The van der Waals surface area contributed by atoms with Crippen LogP contribution in [-0.2, 0) is 4.74 Å². The first-order valence-electron chi connectivity index (χ1n) is 9.80. The van der Waals surface area contributed by atoms with Crippen molar-refractivity contribution in [1.29, 1.82) is 0 Å². The number of nitrogens with one attached hydrogen (secondary N) is 1. The lowest BCUT2D eigenvalue weighted by Gasteiger charge is -2.26. The van der Waals surface area contributed by atoms with Crippen LogP contribution in [-0.4, -0.2) is 63.4 Å². The maximum Gasteiger partial charge on any atom is 0.0594 e. The minimum absolute atomic E-state index is 0.801. The Morgan fingerprint density at radius 2 is 1.57 bits per heavy atom. The van der Waals surface area contributed by atoms with Gasteiger partial charge in [-0.25, -0.2) is 0 Å². The Labute approximate surface area is 144 Å². The van der Waals surface area contributed by atoms with Crippen molar-refractivity contribution in [1.82, 2.24) is 10.2 Å². The molecule has 0 unspecified atom stereocenters. The molecule has 23 heavy (non-hydrogen) atoms. The summed E-state index contributed by atoms with van der Waals surface area (Å²) in [5.41, 5.74) is 10.8. The van der Waals surface area contributed by atoms with Crippen molar-refractivity contribution in [3.05, 3.63) is 0 Å². The second kappa shape index (κ2) is 18.1. The molecule has 1 saturated carbocycles. The highest BCUT2D eigenvalue weighted by Gasteiger charge is 2.11. The molecular formula is C18H42N4O. The van der Waals surface area contributed by atoms with E-state index < -0.39 is 0 Å². The first-order chi connectivity index (χ1) is 11.4. The van der Waals surface area contributed by atoms with E-state index in [1.54, 1.807) is 0 Å². The molecular weight excluding hydrogens is 288 g/mol. The molecule has 0 aromatic rings. The van der Waals surface area contributed by atoms with Gasteiger partial charge in [0.2, 0.25) is 0 Å². The van der Waals surface area contributed by atoms with Crippen LogP contribution in [0.4, 0.5) is 0 Å². The Morgan fingerprint density at radius 3 is 2.13 bits per heavy atom. The molecule has 0 radical (unpaired) electrons. The fourth-order valence-electron chi connectivity index (χ4n) is 2.85. The largest absolute Gasteiger partial charge is 0.379 e. The van der Waals surface area contributed by atoms with Crippen molar-refractivity contribution in [3.8, 4) is 0 Å². The van der Waals surface area contributed by atoms with Crippen LogP contribution in [0.5, 0.6) is 0 Å². The monoisotopic (exact) mass is 330 g/mol. The molecule has 0 bridgehead atoms. The van der Waals surface area contributed by atoms with Gasteiger partial charge in [0.15, 0.2) is 0 Å². The van der Waals surface area contributed by atoms with Gasteiger partial charge in [-0.15, -0.1) is 0 Å². The summed E-state index contributed by atoms with van der Waals surface area (Å²) in [6, 6.07) is 0.801. The normalized spacial score (nSPS) is 19.3. The summed E-state index contributed by atoms with van der Waals surface area (Å²) >= 11 is 0. The molecule has 1 aliphatic heterocycles. The van der Waals surface area contributed by atoms with Crippen molar-refractivity contribution in [2.24, 2.45) is 11.5 Å². The molecule has 5 nitrogen and oxygen atoms in total. The second-order valence-corrected chi connectivity index (χ2v) is 6.03. The molecule has 5 N–H and O–H groups in total. The quantitative estimate of drug-likeness (QED) is 0.622. The predicted molar refractivity (Wildman–Crippen MR) is 101 cm³/mol. The van der Waals surface area contributed by atoms with Crippen molar-refractivity contribution >= 4 is 0 Å². The number of rotatable bonds is 7. The van der Waals surface area contributed by atoms with Gasteiger partial charge in [-0.2, -0.15) is 0 Å². The number of nitrogens with zero attached hydrogens (tertiary/aromatic N) is 1. The lowest BCUT2D eigenvalue weighted by Crippen LogP contribution is -2.37. The smallest absolute Gasteiger partial charge is 0.0594 e. The van der Waals surface area contributed by atoms with Crippen LogP contribution < -0.4 is 16.8 Å². The standard InChI is InChI=1S/C9H20N2.C7H16N2O.C2H6/c10-7-4-8-11-9-5-2-1-3-6-9;8-2-1-3-9-4-6-10-7-5-9;1-2/h9,11H,1-8,10H2;1-8H2;1-2H3. The number of nitrogens with two attached hydrogens (primary N) is 2. The van der Waals surface area contributed by atoms with E-state index in [1.165, 1.54) is 32.1 Å². The first kappa shape index (κ1) is 22.8. The molecule has 1 aliphatic carbocycles. The summed E-state index contributed by atoms with van der Waals surface area (Å²) in [5.74, 6) is 0. The van der Waals surface area contributed by atoms with Crippen molar-refractivity contribution in [3.63, 3.8) is 0 Å². The van der Waals surface area contributed by atoms with Gasteiger partial charge in [-0.1, -0.05) is 33.1 Å². The molecule has 140 valence electrons. The zero-order valence-electron chi connectivity index (χ0n) is 15.7. The number of hydrogen-bond acceptors (Lipinski definition) is 5. The molecule has 0 atom stereocenters. The summed E-state index contributed by atoms with van der Waals surface area (Å²) < 4.78 is 5.21. The van der Waals surface area contributed by atoms with Crippen LogP contribution in [0.1, 0.15) is 58.8 Å². The minimum atomic E-state index is 0.801. The third kappa shape index (κ3) is 13.9. The van der Waals surface area contributed by atoms with E-state index in [0.717, 1.165) is 71.4 Å². The molecule has 2 fully saturated rings. The van der Waals surface area contributed by atoms with Crippen LogP contribution >= 0.6 is 0 Å². The second-order valence-electron chi connectivity index (χ2n) is 6.03. The van der Waals surface area contributed by atoms with Gasteiger partial charge >= 0.3 is 0 Å². The molecule has 0 aromatic heterocycles. The summed E-state index contributed by atoms with van der Waals surface area (Å²) in [6.07, 6.45) is 9.27. The Balaban J connectivity index is 0.000000381. The predicted octanol–water partition coefficient (Wildman–Crippen LogP) is 1.95. The first-order valence-corrected chi connectivity index (χ1v) is 9.80. The highest BCUT2D eigenvalue weighted by Crippen LogP contribution is 2.16. The van der Waals surface area contributed by atoms with Crippen molar-refractivity contribution < 1.29 is 4.74 Å². The lowest BCUT2D eigenvalue weighted by molar-refractivity contribution is 0.0377. The highest BCUT2D eigenvalue weighted by molar-refractivity contribution is 4.71. The Hall–Kier alpha value is -0.200. The average molecular weight is 331 g/mol. The molecule has 0 aromatic carbocycles. The van der Waals surface area contributed by atoms with E-state index in [-0.39, 0.29) is 0 Å². The van der Waals surface area contributed by atoms with E-state index in [9.17, 15) is 0 Å². The van der Waals surface area contributed by atoms with Crippen LogP contribution in [0.2, 0.25) is 0 Å². The number of morpholine rings is 1. The highest BCUT2D eigenvalue weighted by atomic mass is 16.5. The van der Waals surface area contributed by atoms with Gasteiger partial charge in [0.25, 0.3) is 0 Å². The van der Waals surface area contributed by atoms with E-state index >= 15 is 0 Å². The third-order valence-electron chi connectivity index (χ3n) is 4.20. The summed E-state index contributed by atoms with van der Waals surface area (Å²) in [7, 11) is 0. The topological polar surface area (TPSA) is 76.5 Å². The van der Waals surface area contributed by atoms with Gasteiger partial charge in [-0.3, -0.25) is 4.90 Å². The Morgan fingerprint density at radius 1 is 0.957 bits per heavy atom. The SMILES string of the molecule is CC.NCCCN1CCOCC1.NCCCNC1CCCCC1. The molecule has 0 spiro atoms. The maximum absolute atomic E-state index is 5.40. The minimum Gasteiger partial charge on any atom is -0.379 e. The summed E-state index contributed by atoms with van der Waals surface area (Å²) in [4.78, 5) is 2.40. The van der Waals surface area contributed by atoms with Crippen LogP contribution in [0.3, 0.4) is 0 Å². The van der Waals surface area contributed by atoms with Gasteiger partial charge in [0, 0.05) is 19.1 Å². The summed E-state index contributed by atoms with van der Waals surface area (Å²) in [6.45, 7) is 11.8. The summed E-state index contributed by atoms with van der Waals surface area (Å²) in [5, 5.41) is 3.54. The van der Waals surface area contributed by atoms with E-state index in [2.05, 4.69) is 10.2 Å².